The Balaban J connectivity index is 1.88. The van der Waals surface area contributed by atoms with Gasteiger partial charge in [-0.15, -0.1) is 0 Å². The van der Waals surface area contributed by atoms with Gasteiger partial charge in [-0.2, -0.15) is 5.11 Å². The second kappa shape index (κ2) is 5.65. The first-order valence-electron chi connectivity index (χ1n) is 6.57. The molecule has 1 aliphatic rings. The molecule has 0 saturated heterocycles. The molecule has 1 unspecified atom stereocenters. The van der Waals surface area contributed by atoms with Crippen LogP contribution in [0, 0.1) is 5.92 Å². The third-order valence-electron chi connectivity index (χ3n) is 3.72. The molecule has 1 radical (unpaired) electrons. The lowest BCUT2D eigenvalue weighted by atomic mass is 9.84. The van der Waals surface area contributed by atoms with Gasteiger partial charge >= 0.3 is 0 Å². The van der Waals surface area contributed by atoms with E-state index in [0.29, 0.717) is 6.61 Å². The molecule has 0 spiro atoms. The highest BCUT2D eigenvalue weighted by atomic mass is 16.6. The predicted molar refractivity (Wildman–Crippen MR) is 66.9 cm³/mol. The average molecular weight is 233 g/mol. The van der Waals surface area contributed by atoms with Crippen LogP contribution in [0.5, 0.6) is 0 Å². The molecular formula is C15H21O2. The Labute approximate surface area is 104 Å². The van der Waals surface area contributed by atoms with Crippen LogP contribution in [-0.4, -0.2) is 5.79 Å². The molecule has 0 amide bonds. The fourth-order valence-corrected chi connectivity index (χ4v) is 2.55. The van der Waals surface area contributed by atoms with Gasteiger partial charge in [-0.05, 0) is 25.3 Å². The molecule has 2 heteroatoms. The van der Waals surface area contributed by atoms with E-state index in [2.05, 4.69) is 0 Å². The van der Waals surface area contributed by atoms with Gasteiger partial charge in [0.25, 0.3) is 0 Å². The summed E-state index contributed by atoms with van der Waals surface area (Å²) in [6.07, 6.45) is 5.67. The summed E-state index contributed by atoms with van der Waals surface area (Å²) in [4.78, 5) is 0. The van der Waals surface area contributed by atoms with Crippen LogP contribution in [0.1, 0.15) is 44.6 Å². The Hall–Kier alpha value is -0.860. The summed E-state index contributed by atoms with van der Waals surface area (Å²) in [6, 6.07) is 9.91. The molecule has 1 fully saturated rings. The van der Waals surface area contributed by atoms with Crippen molar-refractivity contribution >= 4 is 0 Å². The lowest BCUT2D eigenvalue weighted by molar-refractivity contribution is -0.270. The van der Waals surface area contributed by atoms with Gasteiger partial charge in [-0.1, -0.05) is 49.6 Å². The van der Waals surface area contributed by atoms with Crippen molar-refractivity contribution in [2.45, 2.75) is 51.4 Å². The second-order valence-corrected chi connectivity index (χ2v) is 5.13. The molecule has 0 aliphatic heterocycles. The molecule has 0 aromatic heterocycles. The van der Waals surface area contributed by atoms with Crippen molar-refractivity contribution in [1.82, 2.24) is 0 Å². The van der Waals surface area contributed by atoms with Crippen LogP contribution in [0.2, 0.25) is 0 Å². The largest absolute Gasteiger partial charge is 0.342 e. The van der Waals surface area contributed by atoms with E-state index in [1.54, 1.807) is 6.92 Å². The number of ether oxygens (including phenoxy) is 1. The molecule has 2 rings (SSSR count). The Kier molecular flexibility index (Phi) is 4.19. The summed E-state index contributed by atoms with van der Waals surface area (Å²) in [6.45, 7) is 2.13. The number of hydrogen-bond donors (Lipinski definition) is 0. The van der Waals surface area contributed by atoms with Gasteiger partial charge < -0.3 is 4.74 Å². The molecular weight excluding hydrogens is 212 g/mol. The van der Waals surface area contributed by atoms with Gasteiger partial charge in [0.15, 0.2) is 0 Å². The Morgan fingerprint density at radius 3 is 2.47 bits per heavy atom. The molecule has 2 nitrogen and oxygen atoms in total. The van der Waals surface area contributed by atoms with Crippen LogP contribution >= 0.6 is 0 Å². The highest BCUT2D eigenvalue weighted by Gasteiger charge is 2.35. The van der Waals surface area contributed by atoms with Crippen LogP contribution < -0.4 is 0 Å². The lowest BCUT2D eigenvalue weighted by Gasteiger charge is -2.33. The summed E-state index contributed by atoms with van der Waals surface area (Å²) >= 11 is 0. The van der Waals surface area contributed by atoms with E-state index in [1.165, 1.54) is 19.3 Å². The Morgan fingerprint density at radius 1 is 1.18 bits per heavy atom. The normalized spacial score (nSPS) is 21.1. The zero-order valence-corrected chi connectivity index (χ0v) is 10.5. The zero-order valence-electron chi connectivity index (χ0n) is 10.5. The van der Waals surface area contributed by atoms with Gasteiger partial charge in [0.1, 0.15) is 0 Å². The third-order valence-corrected chi connectivity index (χ3v) is 3.72. The number of rotatable bonds is 4. The fraction of sp³-hybridized carbons (Fsp3) is 0.600. The summed E-state index contributed by atoms with van der Waals surface area (Å²) in [7, 11) is 0. The van der Waals surface area contributed by atoms with E-state index in [0.717, 1.165) is 18.4 Å². The molecule has 17 heavy (non-hydrogen) atoms. The first-order chi connectivity index (χ1) is 8.18. The average Bonchev–Trinajstić information content (AvgIpc) is 2.39. The van der Waals surface area contributed by atoms with Crippen LogP contribution in [0.4, 0.5) is 0 Å². The van der Waals surface area contributed by atoms with E-state index in [-0.39, 0.29) is 5.92 Å². The smallest absolute Gasteiger partial charge is 0.202 e. The van der Waals surface area contributed by atoms with Crippen molar-refractivity contribution in [1.29, 1.82) is 0 Å². The maximum Gasteiger partial charge on any atom is 0.202 e. The standard InChI is InChI=1S/C15H21O2/c1-15(16,14-10-6-3-7-11-14)17-12-13-8-4-2-5-9-13/h2,4-5,8-9,14H,3,6-7,10-12H2,1H3. The zero-order chi connectivity index (χ0) is 12.1. The van der Waals surface area contributed by atoms with Crippen LogP contribution in [0.25, 0.3) is 0 Å². The molecule has 1 aliphatic carbocycles. The lowest BCUT2D eigenvalue weighted by Crippen LogP contribution is -2.37. The number of hydrogen-bond acceptors (Lipinski definition) is 1. The molecule has 0 N–H and O–H groups in total. The van der Waals surface area contributed by atoms with Crippen molar-refractivity contribution < 1.29 is 9.84 Å². The van der Waals surface area contributed by atoms with Gasteiger partial charge in [0.05, 0.1) is 6.61 Å². The van der Waals surface area contributed by atoms with Crippen LogP contribution in [-0.2, 0) is 16.5 Å². The van der Waals surface area contributed by atoms with Gasteiger partial charge in [-0.25, -0.2) is 0 Å². The first kappa shape index (κ1) is 12.6. The van der Waals surface area contributed by atoms with Gasteiger partial charge in [0, 0.05) is 5.92 Å². The molecule has 0 heterocycles. The summed E-state index contributed by atoms with van der Waals surface area (Å²) in [5.74, 6) is -1.05. The summed E-state index contributed by atoms with van der Waals surface area (Å²) < 4.78 is 5.60. The van der Waals surface area contributed by atoms with E-state index in [1.807, 2.05) is 30.3 Å². The first-order valence-corrected chi connectivity index (χ1v) is 6.57. The van der Waals surface area contributed by atoms with Gasteiger partial charge in [-0.3, -0.25) is 0 Å². The van der Waals surface area contributed by atoms with E-state index in [9.17, 15) is 5.11 Å². The monoisotopic (exact) mass is 233 g/mol. The number of benzene rings is 1. The minimum Gasteiger partial charge on any atom is -0.342 e. The highest BCUT2D eigenvalue weighted by molar-refractivity contribution is 5.13. The molecule has 1 saturated carbocycles. The van der Waals surface area contributed by atoms with E-state index in [4.69, 9.17) is 4.74 Å². The van der Waals surface area contributed by atoms with E-state index < -0.39 is 5.79 Å². The summed E-state index contributed by atoms with van der Waals surface area (Å²) in [5, 5.41) is 12.4. The van der Waals surface area contributed by atoms with Crippen LogP contribution in [0.15, 0.2) is 30.3 Å². The quantitative estimate of drug-likeness (QED) is 0.724. The maximum atomic E-state index is 12.4. The predicted octanol–water partition coefficient (Wildman–Crippen LogP) is 3.93. The molecule has 0 bridgehead atoms. The van der Waals surface area contributed by atoms with Gasteiger partial charge in [0.2, 0.25) is 5.79 Å². The molecule has 1 aromatic carbocycles. The van der Waals surface area contributed by atoms with E-state index >= 15 is 0 Å². The minimum absolute atomic E-state index is 0.181. The summed E-state index contributed by atoms with van der Waals surface area (Å²) in [5.41, 5.74) is 1.07. The van der Waals surface area contributed by atoms with Crippen molar-refractivity contribution in [2.24, 2.45) is 5.92 Å². The van der Waals surface area contributed by atoms with Crippen LogP contribution in [0.3, 0.4) is 0 Å². The Bertz CT molecular complexity index is 326. The minimum atomic E-state index is -1.23. The third kappa shape index (κ3) is 3.55. The van der Waals surface area contributed by atoms with Crippen molar-refractivity contribution in [3.63, 3.8) is 0 Å². The second-order valence-electron chi connectivity index (χ2n) is 5.13. The van der Waals surface area contributed by atoms with Crippen molar-refractivity contribution in [3.05, 3.63) is 35.9 Å². The SMILES string of the molecule is CC([O])(OCc1ccccc1)C1CCCCC1. The topological polar surface area (TPSA) is 29.1 Å². The van der Waals surface area contributed by atoms with Crippen molar-refractivity contribution in [2.75, 3.05) is 0 Å². The Morgan fingerprint density at radius 2 is 1.82 bits per heavy atom. The van der Waals surface area contributed by atoms with Crippen molar-refractivity contribution in [3.8, 4) is 0 Å². The molecule has 1 atom stereocenters. The fourth-order valence-electron chi connectivity index (χ4n) is 2.55. The molecule has 93 valence electrons. The maximum absolute atomic E-state index is 12.4. The highest BCUT2D eigenvalue weighted by Crippen LogP contribution is 2.34. The molecule has 1 aromatic rings.